The molecule has 0 radical (unpaired) electrons. The third-order valence-corrected chi connectivity index (χ3v) is 5.83. The molecule has 6 nitrogen and oxygen atoms in total. The number of nitrogens with zero attached hydrogens (tertiary/aromatic N) is 1. The van der Waals surface area contributed by atoms with Gasteiger partial charge in [-0.15, -0.1) is 0 Å². The van der Waals surface area contributed by atoms with Crippen LogP contribution in [0.2, 0.25) is 0 Å². The molecule has 0 aliphatic carbocycles. The fraction of sp³-hybridized carbons (Fsp3) is 0.500. The van der Waals surface area contributed by atoms with Crippen LogP contribution in [0, 0.1) is 6.92 Å². The van der Waals surface area contributed by atoms with E-state index < -0.39 is 0 Å². The van der Waals surface area contributed by atoms with E-state index in [9.17, 15) is 9.59 Å². The number of hydrogen-bond acceptors (Lipinski definition) is 5. The fourth-order valence-corrected chi connectivity index (χ4v) is 4.10. The highest BCUT2D eigenvalue weighted by Gasteiger charge is 2.27. The molecule has 0 unspecified atom stereocenters. The minimum absolute atomic E-state index is 0.0303. The molecule has 27 heavy (non-hydrogen) atoms. The standard InChI is InChI=1S/C20H24BrNO5/c1-4-16(23)22-9-7-13(8-10-22)19-12(2)18(24)14-5-6-15(26-11-25-3)17(21)20(14)27-19/h5-6,13H,4,7-11H2,1-3H3. The minimum atomic E-state index is -0.0303. The molecule has 0 saturated carbocycles. The summed E-state index contributed by atoms with van der Waals surface area (Å²) >= 11 is 3.50. The van der Waals surface area contributed by atoms with Crippen molar-refractivity contribution in [3.05, 3.63) is 38.2 Å². The van der Waals surface area contributed by atoms with Crippen molar-refractivity contribution < 1.29 is 18.7 Å². The van der Waals surface area contributed by atoms with Crippen molar-refractivity contribution in [3.8, 4) is 5.75 Å². The molecule has 0 bridgehead atoms. The van der Waals surface area contributed by atoms with Crippen LogP contribution in [0.5, 0.6) is 5.75 Å². The van der Waals surface area contributed by atoms with Gasteiger partial charge < -0.3 is 18.8 Å². The van der Waals surface area contributed by atoms with E-state index in [4.69, 9.17) is 13.9 Å². The third-order valence-electron chi connectivity index (χ3n) is 5.08. The van der Waals surface area contributed by atoms with Crippen LogP contribution in [0.4, 0.5) is 0 Å². The number of carbonyl (C=O) groups excluding carboxylic acids is 1. The molecule has 2 aromatic rings. The van der Waals surface area contributed by atoms with E-state index in [1.54, 1.807) is 19.2 Å². The van der Waals surface area contributed by atoms with E-state index in [0.29, 0.717) is 52.0 Å². The van der Waals surface area contributed by atoms with Crippen LogP contribution in [-0.4, -0.2) is 37.8 Å². The second kappa shape index (κ2) is 8.44. The van der Waals surface area contributed by atoms with Gasteiger partial charge in [0.25, 0.3) is 0 Å². The molecule has 0 N–H and O–H groups in total. The number of likely N-dealkylation sites (tertiary alicyclic amines) is 1. The van der Waals surface area contributed by atoms with Crippen LogP contribution in [0.15, 0.2) is 25.8 Å². The van der Waals surface area contributed by atoms with E-state index in [1.165, 1.54) is 0 Å². The highest BCUT2D eigenvalue weighted by molar-refractivity contribution is 9.10. The number of fused-ring (bicyclic) bond motifs is 1. The summed E-state index contributed by atoms with van der Waals surface area (Å²) in [5.74, 6) is 1.57. The highest BCUT2D eigenvalue weighted by Crippen LogP contribution is 2.36. The molecule has 1 amide bonds. The molecular formula is C20H24BrNO5. The number of amides is 1. The lowest BCUT2D eigenvalue weighted by Gasteiger charge is -2.31. The predicted molar refractivity (Wildman–Crippen MR) is 106 cm³/mol. The molecule has 1 fully saturated rings. The third kappa shape index (κ3) is 3.89. The van der Waals surface area contributed by atoms with Gasteiger partial charge in [-0.05, 0) is 47.8 Å². The van der Waals surface area contributed by atoms with E-state index in [0.717, 1.165) is 12.8 Å². The Kier molecular flexibility index (Phi) is 6.22. The Labute approximate surface area is 166 Å². The van der Waals surface area contributed by atoms with Gasteiger partial charge in [0.1, 0.15) is 16.0 Å². The lowest BCUT2D eigenvalue weighted by Crippen LogP contribution is -2.37. The van der Waals surface area contributed by atoms with Gasteiger partial charge in [0.05, 0.1) is 5.39 Å². The van der Waals surface area contributed by atoms with Crippen LogP contribution in [0.3, 0.4) is 0 Å². The van der Waals surface area contributed by atoms with Gasteiger partial charge in [-0.2, -0.15) is 0 Å². The lowest BCUT2D eigenvalue weighted by atomic mass is 9.91. The molecule has 0 spiro atoms. The zero-order chi connectivity index (χ0) is 19.6. The Morgan fingerprint density at radius 1 is 1.33 bits per heavy atom. The number of piperidine rings is 1. The SMILES string of the molecule is CCC(=O)N1CCC(c2oc3c(Br)c(OCOC)ccc3c(=O)c2C)CC1. The van der Waals surface area contributed by atoms with Gasteiger partial charge in [0, 0.05) is 38.1 Å². The molecular weight excluding hydrogens is 414 g/mol. The van der Waals surface area contributed by atoms with E-state index in [2.05, 4.69) is 15.9 Å². The number of ether oxygens (including phenoxy) is 2. The molecule has 1 aliphatic rings. The molecule has 1 aromatic carbocycles. The van der Waals surface area contributed by atoms with Crippen LogP contribution < -0.4 is 10.2 Å². The van der Waals surface area contributed by atoms with Crippen molar-refractivity contribution >= 4 is 32.8 Å². The maximum atomic E-state index is 12.9. The molecule has 0 atom stereocenters. The summed E-state index contributed by atoms with van der Waals surface area (Å²) in [7, 11) is 1.55. The second-order valence-corrected chi connectivity index (χ2v) is 7.53. The summed E-state index contributed by atoms with van der Waals surface area (Å²) in [4.78, 5) is 26.7. The maximum Gasteiger partial charge on any atom is 0.222 e. The average Bonchev–Trinajstić information content (AvgIpc) is 2.70. The van der Waals surface area contributed by atoms with Crippen molar-refractivity contribution in [1.82, 2.24) is 4.90 Å². The molecule has 146 valence electrons. The summed E-state index contributed by atoms with van der Waals surface area (Å²) in [6, 6.07) is 3.45. The Morgan fingerprint density at radius 3 is 2.67 bits per heavy atom. The van der Waals surface area contributed by atoms with E-state index >= 15 is 0 Å². The molecule has 1 saturated heterocycles. The summed E-state index contributed by atoms with van der Waals surface area (Å²) < 4.78 is 17.3. The monoisotopic (exact) mass is 437 g/mol. The first kappa shape index (κ1) is 19.9. The zero-order valence-corrected chi connectivity index (χ0v) is 17.4. The largest absolute Gasteiger partial charge is 0.466 e. The van der Waals surface area contributed by atoms with Crippen LogP contribution in [0.25, 0.3) is 11.0 Å². The fourth-order valence-electron chi connectivity index (χ4n) is 3.56. The van der Waals surface area contributed by atoms with Crippen molar-refractivity contribution in [2.45, 2.75) is 39.0 Å². The predicted octanol–water partition coefficient (Wildman–Crippen LogP) is 3.96. The van der Waals surface area contributed by atoms with Gasteiger partial charge in [0.15, 0.2) is 17.8 Å². The number of halogens is 1. The number of hydrogen-bond donors (Lipinski definition) is 0. The zero-order valence-electron chi connectivity index (χ0n) is 15.8. The van der Waals surface area contributed by atoms with Crippen molar-refractivity contribution in [1.29, 1.82) is 0 Å². The van der Waals surface area contributed by atoms with Crippen molar-refractivity contribution in [2.24, 2.45) is 0 Å². The first-order valence-corrected chi connectivity index (χ1v) is 9.92. The Hall–Kier alpha value is -1.86. The van der Waals surface area contributed by atoms with Crippen molar-refractivity contribution in [3.63, 3.8) is 0 Å². The normalized spacial score (nSPS) is 15.3. The Balaban J connectivity index is 1.96. The second-order valence-electron chi connectivity index (χ2n) is 6.73. The van der Waals surface area contributed by atoms with Gasteiger partial charge in [-0.25, -0.2) is 0 Å². The summed E-state index contributed by atoms with van der Waals surface area (Å²) in [5, 5.41) is 0.520. The number of methoxy groups -OCH3 is 1. The first-order chi connectivity index (χ1) is 13.0. The summed E-state index contributed by atoms with van der Waals surface area (Å²) in [6.45, 7) is 5.18. The van der Waals surface area contributed by atoms with Crippen molar-refractivity contribution in [2.75, 3.05) is 27.0 Å². The molecule has 1 aliphatic heterocycles. The van der Waals surface area contributed by atoms with Crippen LogP contribution >= 0.6 is 15.9 Å². The number of carbonyl (C=O) groups is 1. The summed E-state index contributed by atoms with van der Waals surface area (Å²) in [6.07, 6.45) is 2.10. The van der Waals surface area contributed by atoms with Gasteiger partial charge in [0.2, 0.25) is 5.91 Å². The molecule has 1 aromatic heterocycles. The topological polar surface area (TPSA) is 69.0 Å². The molecule has 2 heterocycles. The molecule has 7 heteroatoms. The average molecular weight is 438 g/mol. The van der Waals surface area contributed by atoms with E-state index in [1.807, 2.05) is 18.7 Å². The van der Waals surface area contributed by atoms with Crippen LogP contribution in [0.1, 0.15) is 43.4 Å². The number of benzene rings is 1. The van der Waals surface area contributed by atoms with Crippen LogP contribution in [-0.2, 0) is 9.53 Å². The van der Waals surface area contributed by atoms with Gasteiger partial charge in [-0.1, -0.05) is 6.92 Å². The molecule has 3 rings (SSSR count). The van der Waals surface area contributed by atoms with E-state index in [-0.39, 0.29) is 24.0 Å². The quantitative estimate of drug-likeness (QED) is 0.661. The smallest absolute Gasteiger partial charge is 0.222 e. The summed E-state index contributed by atoms with van der Waals surface area (Å²) in [5.41, 5.74) is 1.10. The van der Waals surface area contributed by atoms with Gasteiger partial charge in [-0.3, -0.25) is 9.59 Å². The maximum absolute atomic E-state index is 12.9. The number of rotatable bonds is 5. The first-order valence-electron chi connectivity index (χ1n) is 9.13. The lowest BCUT2D eigenvalue weighted by molar-refractivity contribution is -0.131. The van der Waals surface area contributed by atoms with Gasteiger partial charge >= 0.3 is 0 Å². The minimum Gasteiger partial charge on any atom is -0.466 e. The Bertz CT molecular complexity index is 899. The highest BCUT2D eigenvalue weighted by atomic mass is 79.9. The Morgan fingerprint density at radius 2 is 2.04 bits per heavy atom.